The molecule has 10 rings (SSSR count). The fourth-order valence-corrected chi connectivity index (χ4v) is 8.44. The van der Waals surface area contributed by atoms with Crippen LogP contribution in [0.2, 0.25) is 0 Å². The fraction of sp³-hybridized carbons (Fsp3) is 0. The van der Waals surface area contributed by atoms with Gasteiger partial charge in [0.25, 0.3) is 0 Å². The summed E-state index contributed by atoms with van der Waals surface area (Å²) >= 11 is 1.87. The largest absolute Gasteiger partial charge is 0.435 e. The van der Waals surface area contributed by atoms with E-state index in [1.165, 1.54) is 42.1 Å². The maximum Gasteiger partial charge on any atom is 0.227 e. The van der Waals surface area contributed by atoms with Crippen molar-refractivity contribution in [1.82, 2.24) is 4.98 Å². The van der Waals surface area contributed by atoms with E-state index in [9.17, 15) is 0 Å². The molecule has 0 aliphatic rings. The molecule has 8 aromatic carbocycles. The highest BCUT2D eigenvalue weighted by Crippen LogP contribution is 2.45. The third-order valence-corrected chi connectivity index (χ3v) is 10.7. The van der Waals surface area contributed by atoms with Crippen molar-refractivity contribution < 1.29 is 4.42 Å². The molecule has 4 heteroatoms. The molecule has 0 aliphatic carbocycles. The van der Waals surface area contributed by atoms with Crippen molar-refractivity contribution in [2.24, 2.45) is 0 Å². The first-order valence-corrected chi connectivity index (χ1v) is 17.3. The van der Waals surface area contributed by atoms with E-state index in [0.717, 1.165) is 44.5 Å². The molecule has 49 heavy (non-hydrogen) atoms. The molecule has 2 heterocycles. The van der Waals surface area contributed by atoms with Crippen LogP contribution in [0.25, 0.3) is 75.4 Å². The minimum absolute atomic E-state index is 0.627. The third kappa shape index (κ3) is 4.53. The Kier molecular flexibility index (Phi) is 6.36. The summed E-state index contributed by atoms with van der Waals surface area (Å²) in [4.78, 5) is 7.26. The highest BCUT2D eigenvalue weighted by molar-refractivity contribution is 7.26. The molecular formula is C45H28N2OS. The summed E-state index contributed by atoms with van der Waals surface area (Å²) in [5.41, 5.74) is 8.31. The molecule has 0 bridgehead atoms. The van der Waals surface area contributed by atoms with Crippen molar-refractivity contribution in [2.45, 2.75) is 0 Å². The standard InChI is InChI=1S/C45H28N2OS/c1-3-12-30(13-4-1)45-46-40-27-26-35-34-16-7-8-17-36(34)41(28-39(35)43(40)48-45)47(31-14-5-2-6-15-31)32-24-22-29(23-25-32)33-19-11-20-38-37-18-9-10-21-42(37)49-44(33)38/h1-28H. The van der Waals surface area contributed by atoms with Crippen molar-refractivity contribution in [1.29, 1.82) is 0 Å². The highest BCUT2D eigenvalue weighted by Gasteiger charge is 2.20. The molecule has 2 aromatic heterocycles. The van der Waals surface area contributed by atoms with Crippen molar-refractivity contribution in [3.05, 3.63) is 170 Å². The van der Waals surface area contributed by atoms with E-state index < -0.39 is 0 Å². The van der Waals surface area contributed by atoms with Crippen LogP contribution in [0.15, 0.2) is 174 Å². The summed E-state index contributed by atoms with van der Waals surface area (Å²) in [6.45, 7) is 0. The first-order valence-electron chi connectivity index (χ1n) is 16.5. The first kappa shape index (κ1) is 27.8. The molecule has 0 fully saturated rings. The van der Waals surface area contributed by atoms with E-state index >= 15 is 0 Å². The van der Waals surface area contributed by atoms with Gasteiger partial charge in [0, 0.05) is 47.9 Å². The number of fused-ring (bicyclic) bond motifs is 8. The van der Waals surface area contributed by atoms with Gasteiger partial charge in [0.2, 0.25) is 5.89 Å². The molecule has 0 aliphatic heterocycles. The van der Waals surface area contributed by atoms with Crippen LogP contribution in [-0.4, -0.2) is 4.98 Å². The van der Waals surface area contributed by atoms with Gasteiger partial charge in [-0.2, -0.15) is 0 Å². The number of aromatic nitrogens is 1. The molecule has 0 unspecified atom stereocenters. The Hall–Kier alpha value is -6.23. The lowest BCUT2D eigenvalue weighted by molar-refractivity contribution is 0.623. The van der Waals surface area contributed by atoms with Crippen LogP contribution in [-0.2, 0) is 0 Å². The molecule has 0 spiro atoms. The number of benzene rings is 8. The summed E-state index contributed by atoms with van der Waals surface area (Å²) < 4.78 is 9.19. The molecule has 0 atom stereocenters. The maximum absolute atomic E-state index is 6.56. The third-order valence-electron chi connectivity index (χ3n) is 9.49. The van der Waals surface area contributed by atoms with Crippen LogP contribution in [0.4, 0.5) is 17.1 Å². The van der Waals surface area contributed by atoms with Crippen LogP contribution in [0.1, 0.15) is 0 Å². The number of oxazole rings is 1. The van der Waals surface area contributed by atoms with Gasteiger partial charge in [-0.15, -0.1) is 11.3 Å². The number of para-hydroxylation sites is 1. The van der Waals surface area contributed by atoms with Crippen molar-refractivity contribution in [2.75, 3.05) is 4.90 Å². The van der Waals surface area contributed by atoms with Crippen LogP contribution in [0.5, 0.6) is 0 Å². The molecule has 0 saturated carbocycles. The Bertz CT molecular complexity index is 2820. The van der Waals surface area contributed by atoms with Crippen LogP contribution in [0.3, 0.4) is 0 Å². The molecule has 0 amide bonds. The molecule has 0 radical (unpaired) electrons. The van der Waals surface area contributed by atoms with E-state index in [2.05, 4.69) is 144 Å². The second-order valence-electron chi connectivity index (χ2n) is 12.3. The second kappa shape index (κ2) is 11.2. The Morgan fingerprint density at radius 3 is 1.94 bits per heavy atom. The van der Waals surface area contributed by atoms with Crippen molar-refractivity contribution in [3.63, 3.8) is 0 Å². The fourth-order valence-electron chi connectivity index (χ4n) is 7.20. The molecule has 10 aromatic rings. The average Bonchev–Trinajstić information content (AvgIpc) is 3.79. The van der Waals surface area contributed by atoms with Gasteiger partial charge in [0.1, 0.15) is 5.52 Å². The summed E-state index contributed by atoms with van der Waals surface area (Å²) in [6, 6.07) is 60.3. The van der Waals surface area contributed by atoms with E-state index in [1.807, 2.05) is 41.7 Å². The number of nitrogens with zero attached hydrogens (tertiary/aromatic N) is 2. The van der Waals surface area contributed by atoms with Gasteiger partial charge in [-0.25, -0.2) is 4.98 Å². The minimum Gasteiger partial charge on any atom is -0.435 e. The number of anilines is 3. The van der Waals surface area contributed by atoms with E-state index in [4.69, 9.17) is 9.40 Å². The van der Waals surface area contributed by atoms with Gasteiger partial charge in [-0.3, -0.25) is 0 Å². The van der Waals surface area contributed by atoms with Crippen LogP contribution < -0.4 is 4.90 Å². The Morgan fingerprint density at radius 1 is 0.469 bits per heavy atom. The predicted octanol–water partition coefficient (Wildman–Crippen LogP) is 13.3. The lowest BCUT2D eigenvalue weighted by atomic mass is 9.98. The SMILES string of the molecule is c1ccc(-c2nc3ccc4c5ccccc5c(N(c5ccccc5)c5ccc(-c6cccc7c6sc6ccccc67)cc5)cc4c3o2)cc1. The monoisotopic (exact) mass is 644 g/mol. The predicted molar refractivity (Wildman–Crippen MR) is 207 cm³/mol. The number of hydrogen-bond donors (Lipinski definition) is 0. The zero-order chi connectivity index (χ0) is 32.3. The quantitative estimate of drug-likeness (QED) is 0.175. The van der Waals surface area contributed by atoms with E-state index in [1.54, 1.807) is 0 Å². The summed E-state index contributed by atoms with van der Waals surface area (Å²) in [6.07, 6.45) is 0. The van der Waals surface area contributed by atoms with Gasteiger partial charge in [0.15, 0.2) is 5.58 Å². The van der Waals surface area contributed by atoms with E-state index in [0.29, 0.717) is 5.89 Å². The number of thiophene rings is 1. The van der Waals surface area contributed by atoms with Gasteiger partial charge in [-0.05, 0) is 76.5 Å². The molecule has 3 nitrogen and oxygen atoms in total. The Labute approximate surface area is 286 Å². The maximum atomic E-state index is 6.56. The van der Waals surface area contributed by atoms with Gasteiger partial charge in [-0.1, -0.05) is 115 Å². The zero-order valence-electron chi connectivity index (χ0n) is 26.4. The lowest BCUT2D eigenvalue weighted by Gasteiger charge is -2.27. The first-order chi connectivity index (χ1) is 24.3. The Morgan fingerprint density at radius 2 is 1.12 bits per heavy atom. The second-order valence-corrected chi connectivity index (χ2v) is 13.4. The normalized spacial score (nSPS) is 11.7. The van der Waals surface area contributed by atoms with Gasteiger partial charge < -0.3 is 9.32 Å². The summed E-state index contributed by atoms with van der Waals surface area (Å²) in [5.74, 6) is 0.627. The average molecular weight is 645 g/mol. The van der Waals surface area contributed by atoms with Crippen LogP contribution >= 0.6 is 11.3 Å². The smallest absolute Gasteiger partial charge is 0.227 e. The molecule has 230 valence electrons. The van der Waals surface area contributed by atoms with Crippen LogP contribution in [0, 0.1) is 0 Å². The summed E-state index contributed by atoms with van der Waals surface area (Å²) in [7, 11) is 0. The zero-order valence-corrected chi connectivity index (χ0v) is 27.2. The van der Waals surface area contributed by atoms with Crippen molar-refractivity contribution >= 4 is 81.2 Å². The molecule has 0 saturated heterocycles. The molecule has 0 N–H and O–H groups in total. The van der Waals surface area contributed by atoms with E-state index in [-0.39, 0.29) is 0 Å². The van der Waals surface area contributed by atoms with Gasteiger partial charge >= 0.3 is 0 Å². The summed E-state index contributed by atoms with van der Waals surface area (Å²) in [5, 5.41) is 7.14. The number of hydrogen-bond acceptors (Lipinski definition) is 4. The Balaban J connectivity index is 1.17. The highest BCUT2D eigenvalue weighted by atomic mass is 32.1. The molecular weight excluding hydrogens is 617 g/mol. The minimum atomic E-state index is 0.627. The lowest BCUT2D eigenvalue weighted by Crippen LogP contribution is -2.10. The number of rotatable bonds is 5. The topological polar surface area (TPSA) is 29.3 Å². The van der Waals surface area contributed by atoms with Gasteiger partial charge in [0.05, 0.1) is 5.69 Å². The van der Waals surface area contributed by atoms with Crippen molar-refractivity contribution in [3.8, 4) is 22.6 Å².